The van der Waals surface area contributed by atoms with Gasteiger partial charge in [-0.25, -0.2) is 0 Å². The summed E-state index contributed by atoms with van der Waals surface area (Å²) in [5.41, 5.74) is 0.807. The van der Waals surface area contributed by atoms with Crippen LogP contribution in [0.1, 0.15) is 25.5 Å². The van der Waals surface area contributed by atoms with Crippen molar-refractivity contribution in [2.75, 3.05) is 26.9 Å². The first kappa shape index (κ1) is 15.0. The van der Waals surface area contributed by atoms with Crippen molar-refractivity contribution in [1.82, 2.24) is 5.32 Å². The summed E-state index contributed by atoms with van der Waals surface area (Å²) in [7, 11) is 1.64. The van der Waals surface area contributed by atoms with Gasteiger partial charge in [-0.05, 0) is 6.07 Å². The molecule has 1 unspecified atom stereocenters. The van der Waals surface area contributed by atoms with E-state index < -0.39 is 6.10 Å². The monoisotopic (exact) mass is 253 g/mol. The van der Waals surface area contributed by atoms with E-state index in [-0.39, 0.29) is 0 Å². The Balaban J connectivity index is 2.62. The Morgan fingerprint density at radius 3 is 2.61 bits per heavy atom. The van der Waals surface area contributed by atoms with Gasteiger partial charge in [0.25, 0.3) is 0 Å². The number of para-hydroxylation sites is 1. The van der Waals surface area contributed by atoms with Crippen LogP contribution >= 0.6 is 0 Å². The summed E-state index contributed by atoms with van der Waals surface area (Å²) < 4.78 is 10.5. The predicted octanol–water partition coefficient (Wildman–Crippen LogP) is 1.74. The van der Waals surface area contributed by atoms with Crippen molar-refractivity contribution in [3.05, 3.63) is 29.8 Å². The van der Waals surface area contributed by atoms with Crippen LogP contribution in [-0.4, -0.2) is 38.0 Å². The summed E-state index contributed by atoms with van der Waals surface area (Å²) in [5.74, 6) is 0.715. The molecule has 1 aromatic rings. The molecule has 0 saturated heterocycles. The van der Waals surface area contributed by atoms with Crippen molar-refractivity contribution in [3.8, 4) is 5.75 Å². The summed E-state index contributed by atoms with van der Waals surface area (Å²) in [6, 6.07) is 7.89. The Hall–Kier alpha value is -1.10. The lowest BCUT2D eigenvalue weighted by molar-refractivity contribution is 0.137. The molecule has 0 heterocycles. The summed E-state index contributed by atoms with van der Waals surface area (Å²) >= 11 is 0. The second-order valence-electron chi connectivity index (χ2n) is 4.46. The minimum atomic E-state index is -0.564. The Morgan fingerprint density at radius 2 is 1.94 bits per heavy atom. The third kappa shape index (κ3) is 5.04. The molecule has 0 aliphatic carbocycles. The highest BCUT2D eigenvalue weighted by Crippen LogP contribution is 2.24. The average molecular weight is 253 g/mol. The molecule has 102 valence electrons. The maximum Gasteiger partial charge on any atom is 0.125 e. The highest BCUT2D eigenvalue weighted by atomic mass is 16.5. The van der Waals surface area contributed by atoms with Gasteiger partial charge in [-0.3, -0.25) is 0 Å². The molecular formula is C14H23NO3. The number of aliphatic hydroxyl groups excluding tert-OH is 1. The van der Waals surface area contributed by atoms with Crippen LogP contribution in [0.15, 0.2) is 24.3 Å². The van der Waals surface area contributed by atoms with Crippen LogP contribution in [-0.2, 0) is 4.74 Å². The Labute approximate surface area is 109 Å². The molecule has 0 radical (unpaired) electrons. The molecular weight excluding hydrogens is 230 g/mol. The predicted molar refractivity (Wildman–Crippen MR) is 71.9 cm³/mol. The summed E-state index contributed by atoms with van der Waals surface area (Å²) in [5, 5.41) is 13.3. The van der Waals surface area contributed by atoms with Crippen LogP contribution in [0.3, 0.4) is 0 Å². The molecule has 4 heteroatoms. The molecule has 0 bridgehead atoms. The van der Waals surface area contributed by atoms with Gasteiger partial charge in [-0.2, -0.15) is 0 Å². The molecule has 0 saturated carbocycles. The largest absolute Gasteiger partial charge is 0.491 e. The van der Waals surface area contributed by atoms with Crippen LogP contribution < -0.4 is 10.1 Å². The fraction of sp³-hybridized carbons (Fsp3) is 0.571. The van der Waals surface area contributed by atoms with E-state index in [2.05, 4.69) is 5.32 Å². The van der Waals surface area contributed by atoms with E-state index in [9.17, 15) is 5.11 Å². The van der Waals surface area contributed by atoms with Crippen LogP contribution in [0.5, 0.6) is 5.75 Å². The summed E-state index contributed by atoms with van der Waals surface area (Å²) in [6.07, 6.45) is -0.564. The minimum absolute atomic E-state index is 0.348. The molecule has 1 aromatic carbocycles. The number of ether oxygens (including phenoxy) is 2. The van der Waals surface area contributed by atoms with Gasteiger partial charge in [0.1, 0.15) is 12.4 Å². The molecule has 0 fully saturated rings. The highest BCUT2D eigenvalue weighted by molar-refractivity contribution is 5.35. The Bertz CT molecular complexity index is 342. The van der Waals surface area contributed by atoms with Crippen molar-refractivity contribution in [2.24, 2.45) is 0 Å². The molecule has 0 amide bonds. The molecule has 18 heavy (non-hydrogen) atoms. The molecule has 2 N–H and O–H groups in total. The molecule has 0 aliphatic rings. The van der Waals surface area contributed by atoms with Crippen LogP contribution in [0.4, 0.5) is 0 Å². The van der Waals surface area contributed by atoms with Gasteiger partial charge in [-0.1, -0.05) is 32.0 Å². The number of methoxy groups -OCH3 is 1. The average Bonchev–Trinajstić information content (AvgIpc) is 2.37. The SMILES string of the molecule is COCCOc1ccccc1C(O)CNC(C)C. The van der Waals surface area contributed by atoms with Gasteiger partial charge >= 0.3 is 0 Å². The first-order valence-electron chi connectivity index (χ1n) is 6.27. The highest BCUT2D eigenvalue weighted by Gasteiger charge is 2.13. The van der Waals surface area contributed by atoms with Gasteiger partial charge in [-0.15, -0.1) is 0 Å². The van der Waals surface area contributed by atoms with Crippen molar-refractivity contribution in [2.45, 2.75) is 26.0 Å². The number of aliphatic hydroxyl groups is 1. The van der Waals surface area contributed by atoms with E-state index in [1.54, 1.807) is 7.11 Å². The number of hydrogen-bond donors (Lipinski definition) is 2. The second-order valence-corrected chi connectivity index (χ2v) is 4.46. The van der Waals surface area contributed by atoms with E-state index in [1.165, 1.54) is 0 Å². The fourth-order valence-electron chi connectivity index (χ4n) is 1.58. The van der Waals surface area contributed by atoms with Crippen LogP contribution in [0, 0.1) is 0 Å². The van der Waals surface area contributed by atoms with Crippen molar-refractivity contribution < 1.29 is 14.6 Å². The van der Waals surface area contributed by atoms with Gasteiger partial charge in [0.2, 0.25) is 0 Å². The van der Waals surface area contributed by atoms with E-state index in [0.717, 1.165) is 5.56 Å². The zero-order valence-electron chi connectivity index (χ0n) is 11.3. The molecule has 0 aromatic heterocycles. The minimum Gasteiger partial charge on any atom is -0.491 e. The molecule has 0 spiro atoms. The van der Waals surface area contributed by atoms with E-state index in [4.69, 9.17) is 9.47 Å². The van der Waals surface area contributed by atoms with Gasteiger partial charge in [0.15, 0.2) is 0 Å². The topological polar surface area (TPSA) is 50.7 Å². The van der Waals surface area contributed by atoms with Crippen molar-refractivity contribution in [3.63, 3.8) is 0 Å². The Morgan fingerprint density at radius 1 is 1.22 bits per heavy atom. The lowest BCUT2D eigenvalue weighted by Gasteiger charge is -2.17. The lowest BCUT2D eigenvalue weighted by Crippen LogP contribution is -2.28. The molecule has 1 atom stereocenters. The summed E-state index contributed by atoms with van der Waals surface area (Å²) in [4.78, 5) is 0. The lowest BCUT2D eigenvalue weighted by atomic mass is 10.1. The molecule has 1 rings (SSSR count). The smallest absolute Gasteiger partial charge is 0.125 e. The van der Waals surface area contributed by atoms with E-state index in [0.29, 0.717) is 31.5 Å². The normalized spacial score (nSPS) is 12.7. The van der Waals surface area contributed by atoms with Crippen molar-refractivity contribution >= 4 is 0 Å². The van der Waals surface area contributed by atoms with Gasteiger partial charge < -0.3 is 19.9 Å². The molecule has 4 nitrogen and oxygen atoms in total. The second kappa shape index (κ2) is 8.08. The Kier molecular flexibility index (Phi) is 6.72. The third-order valence-electron chi connectivity index (χ3n) is 2.54. The summed E-state index contributed by atoms with van der Waals surface area (Å²) in [6.45, 7) is 5.64. The van der Waals surface area contributed by atoms with Crippen LogP contribution in [0.25, 0.3) is 0 Å². The number of nitrogens with one attached hydrogen (secondary N) is 1. The van der Waals surface area contributed by atoms with Crippen molar-refractivity contribution in [1.29, 1.82) is 0 Å². The van der Waals surface area contributed by atoms with E-state index >= 15 is 0 Å². The zero-order chi connectivity index (χ0) is 13.4. The fourth-order valence-corrected chi connectivity index (χ4v) is 1.58. The van der Waals surface area contributed by atoms with Crippen LogP contribution in [0.2, 0.25) is 0 Å². The van der Waals surface area contributed by atoms with Gasteiger partial charge in [0, 0.05) is 25.3 Å². The van der Waals surface area contributed by atoms with E-state index in [1.807, 2.05) is 38.1 Å². The number of hydrogen-bond acceptors (Lipinski definition) is 4. The maximum atomic E-state index is 10.1. The first-order valence-corrected chi connectivity index (χ1v) is 6.27. The maximum absolute atomic E-state index is 10.1. The zero-order valence-corrected chi connectivity index (χ0v) is 11.3. The quantitative estimate of drug-likeness (QED) is 0.693. The van der Waals surface area contributed by atoms with Gasteiger partial charge in [0.05, 0.1) is 12.7 Å². The third-order valence-corrected chi connectivity index (χ3v) is 2.54. The standard InChI is InChI=1S/C14H23NO3/c1-11(2)15-10-13(16)12-6-4-5-7-14(12)18-9-8-17-3/h4-7,11,13,15-16H,8-10H2,1-3H3. The molecule has 0 aliphatic heterocycles. The first-order chi connectivity index (χ1) is 8.65. The number of benzene rings is 1. The number of rotatable bonds is 8.